The largest absolute Gasteiger partial charge is 0.382 e. The fraction of sp³-hybridized carbons (Fsp3) is 0.583. The lowest BCUT2D eigenvalue weighted by molar-refractivity contribution is -0.0100. The third-order valence-electron chi connectivity index (χ3n) is 2.75. The zero-order valence-corrected chi connectivity index (χ0v) is 9.85. The van der Waals surface area contributed by atoms with E-state index in [2.05, 4.69) is 16.0 Å². The molecule has 16 heavy (non-hydrogen) atoms. The first-order valence-electron chi connectivity index (χ1n) is 5.58. The normalized spacial score (nSPS) is 21.1. The van der Waals surface area contributed by atoms with Gasteiger partial charge in [0.2, 0.25) is 0 Å². The number of pyridine rings is 1. The van der Waals surface area contributed by atoms with E-state index in [1.807, 2.05) is 19.2 Å². The molecule has 4 heteroatoms. The lowest BCUT2D eigenvalue weighted by Gasteiger charge is -2.34. The van der Waals surface area contributed by atoms with Crippen LogP contribution in [0.15, 0.2) is 18.3 Å². The van der Waals surface area contributed by atoms with Gasteiger partial charge in [0.1, 0.15) is 0 Å². The second-order valence-corrected chi connectivity index (χ2v) is 4.05. The van der Waals surface area contributed by atoms with Crippen molar-refractivity contribution < 1.29 is 9.47 Å². The molecule has 1 atom stereocenters. The Morgan fingerprint density at radius 2 is 2.44 bits per heavy atom. The van der Waals surface area contributed by atoms with E-state index in [0.29, 0.717) is 6.61 Å². The topological polar surface area (TPSA) is 34.6 Å². The molecule has 2 rings (SSSR count). The van der Waals surface area contributed by atoms with Gasteiger partial charge in [0, 0.05) is 25.9 Å². The highest BCUT2D eigenvalue weighted by atomic mass is 16.5. The van der Waals surface area contributed by atoms with Crippen LogP contribution in [0.5, 0.6) is 0 Å². The summed E-state index contributed by atoms with van der Waals surface area (Å²) < 4.78 is 10.7. The van der Waals surface area contributed by atoms with E-state index in [4.69, 9.17) is 9.47 Å². The molecule has 0 N–H and O–H groups in total. The number of aromatic nitrogens is 1. The number of hydrogen-bond donors (Lipinski definition) is 0. The Hall–Kier alpha value is -1.13. The minimum Gasteiger partial charge on any atom is -0.382 e. The average molecular weight is 222 g/mol. The molecule has 0 radical (unpaired) electrons. The summed E-state index contributed by atoms with van der Waals surface area (Å²) in [4.78, 5) is 6.60. The predicted octanol–water partition coefficient (Wildman–Crippen LogP) is 1.24. The van der Waals surface area contributed by atoms with E-state index in [-0.39, 0.29) is 6.10 Å². The van der Waals surface area contributed by atoms with Crippen molar-refractivity contribution in [1.82, 2.24) is 4.98 Å². The van der Waals surface area contributed by atoms with Crippen LogP contribution in [-0.2, 0) is 9.47 Å². The molecule has 0 aliphatic carbocycles. The number of morpholine rings is 1. The molecule has 2 heterocycles. The number of anilines is 1. The van der Waals surface area contributed by atoms with Crippen molar-refractivity contribution in [3.63, 3.8) is 0 Å². The van der Waals surface area contributed by atoms with Crippen LogP contribution < -0.4 is 4.90 Å². The molecule has 0 bridgehead atoms. The highest BCUT2D eigenvalue weighted by Gasteiger charge is 2.20. The van der Waals surface area contributed by atoms with Gasteiger partial charge in [-0.05, 0) is 19.1 Å². The molecule has 1 aliphatic rings. The van der Waals surface area contributed by atoms with Crippen molar-refractivity contribution >= 4 is 5.69 Å². The maximum atomic E-state index is 5.61. The summed E-state index contributed by atoms with van der Waals surface area (Å²) in [6, 6.07) is 4.15. The molecule has 4 nitrogen and oxygen atoms in total. The monoisotopic (exact) mass is 222 g/mol. The second kappa shape index (κ2) is 5.27. The number of methoxy groups -OCH3 is 1. The number of rotatable bonds is 3. The van der Waals surface area contributed by atoms with Crippen LogP contribution in [-0.4, -0.2) is 44.5 Å². The minimum atomic E-state index is 0.167. The van der Waals surface area contributed by atoms with E-state index in [0.717, 1.165) is 31.1 Å². The molecule has 1 saturated heterocycles. The zero-order valence-electron chi connectivity index (χ0n) is 9.85. The molecule has 1 aromatic heterocycles. The molecule has 0 unspecified atom stereocenters. The summed E-state index contributed by atoms with van der Waals surface area (Å²) >= 11 is 0. The van der Waals surface area contributed by atoms with Crippen molar-refractivity contribution in [3.8, 4) is 0 Å². The fourth-order valence-electron chi connectivity index (χ4n) is 1.89. The van der Waals surface area contributed by atoms with Crippen LogP contribution in [0, 0.1) is 6.92 Å². The van der Waals surface area contributed by atoms with Crippen LogP contribution in [0.2, 0.25) is 0 Å². The Morgan fingerprint density at radius 1 is 1.56 bits per heavy atom. The van der Waals surface area contributed by atoms with Gasteiger partial charge < -0.3 is 14.4 Å². The molecule has 1 aromatic rings. The van der Waals surface area contributed by atoms with Crippen LogP contribution in [0.1, 0.15) is 5.69 Å². The Labute approximate surface area is 96.2 Å². The second-order valence-electron chi connectivity index (χ2n) is 4.05. The third-order valence-corrected chi connectivity index (χ3v) is 2.75. The zero-order chi connectivity index (χ0) is 11.4. The van der Waals surface area contributed by atoms with E-state index >= 15 is 0 Å². The molecule has 0 amide bonds. The molecule has 1 fully saturated rings. The summed E-state index contributed by atoms with van der Waals surface area (Å²) in [6.07, 6.45) is 2.09. The van der Waals surface area contributed by atoms with Crippen molar-refractivity contribution in [3.05, 3.63) is 24.0 Å². The minimum absolute atomic E-state index is 0.167. The third kappa shape index (κ3) is 2.71. The van der Waals surface area contributed by atoms with Gasteiger partial charge >= 0.3 is 0 Å². The van der Waals surface area contributed by atoms with E-state index < -0.39 is 0 Å². The summed E-state index contributed by atoms with van der Waals surface area (Å²) in [7, 11) is 1.70. The lowest BCUT2D eigenvalue weighted by atomic mass is 10.2. The first kappa shape index (κ1) is 11.4. The molecule has 1 aliphatic heterocycles. The molecular formula is C12H18N2O2. The van der Waals surface area contributed by atoms with Crippen molar-refractivity contribution in [2.75, 3.05) is 38.3 Å². The molecule has 0 saturated carbocycles. The van der Waals surface area contributed by atoms with Gasteiger partial charge in [-0.25, -0.2) is 0 Å². The molecular weight excluding hydrogens is 204 g/mol. The average Bonchev–Trinajstić information content (AvgIpc) is 2.31. The van der Waals surface area contributed by atoms with Gasteiger partial charge in [-0.1, -0.05) is 0 Å². The standard InChI is InChI=1S/C12H18N2O2/c1-10-3-4-11(7-13-10)14-5-6-16-12(8-14)9-15-2/h3-4,7,12H,5-6,8-9H2,1-2H3/t12-/m1/s1. The first-order chi connectivity index (χ1) is 7.79. The van der Waals surface area contributed by atoms with Gasteiger partial charge in [0.05, 0.1) is 31.2 Å². The smallest absolute Gasteiger partial charge is 0.0983 e. The maximum absolute atomic E-state index is 5.61. The highest BCUT2D eigenvalue weighted by molar-refractivity contribution is 5.44. The van der Waals surface area contributed by atoms with Crippen LogP contribution >= 0.6 is 0 Å². The summed E-state index contributed by atoms with van der Waals surface area (Å²) in [5.74, 6) is 0. The first-order valence-corrected chi connectivity index (χ1v) is 5.58. The quantitative estimate of drug-likeness (QED) is 0.770. The van der Waals surface area contributed by atoms with Gasteiger partial charge in [0.25, 0.3) is 0 Å². The Morgan fingerprint density at radius 3 is 3.12 bits per heavy atom. The van der Waals surface area contributed by atoms with Crippen LogP contribution in [0.25, 0.3) is 0 Å². The van der Waals surface area contributed by atoms with Crippen molar-refractivity contribution in [2.45, 2.75) is 13.0 Å². The van der Waals surface area contributed by atoms with Crippen LogP contribution in [0.3, 0.4) is 0 Å². The van der Waals surface area contributed by atoms with E-state index in [1.165, 1.54) is 0 Å². The maximum Gasteiger partial charge on any atom is 0.0983 e. The number of hydrogen-bond acceptors (Lipinski definition) is 4. The predicted molar refractivity (Wildman–Crippen MR) is 62.8 cm³/mol. The lowest BCUT2D eigenvalue weighted by Crippen LogP contribution is -2.44. The highest BCUT2D eigenvalue weighted by Crippen LogP contribution is 2.16. The van der Waals surface area contributed by atoms with Gasteiger partial charge in [-0.3, -0.25) is 4.98 Å². The fourth-order valence-corrected chi connectivity index (χ4v) is 1.89. The van der Waals surface area contributed by atoms with E-state index in [9.17, 15) is 0 Å². The van der Waals surface area contributed by atoms with Gasteiger partial charge in [-0.15, -0.1) is 0 Å². The molecule has 0 aromatic carbocycles. The van der Waals surface area contributed by atoms with Crippen LogP contribution in [0.4, 0.5) is 5.69 Å². The molecule has 0 spiro atoms. The summed E-state index contributed by atoms with van der Waals surface area (Å²) in [5, 5.41) is 0. The summed E-state index contributed by atoms with van der Waals surface area (Å²) in [5.41, 5.74) is 2.21. The van der Waals surface area contributed by atoms with Crippen molar-refractivity contribution in [1.29, 1.82) is 0 Å². The molecule has 88 valence electrons. The Kier molecular flexibility index (Phi) is 3.74. The number of nitrogens with zero attached hydrogens (tertiary/aromatic N) is 2. The Balaban J connectivity index is 2.01. The van der Waals surface area contributed by atoms with Gasteiger partial charge in [-0.2, -0.15) is 0 Å². The van der Waals surface area contributed by atoms with Gasteiger partial charge in [0.15, 0.2) is 0 Å². The van der Waals surface area contributed by atoms with E-state index in [1.54, 1.807) is 7.11 Å². The number of aryl methyl sites for hydroxylation is 1. The van der Waals surface area contributed by atoms with Crippen molar-refractivity contribution in [2.24, 2.45) is 0 Å². The summed E-state index contributed by atoms with van der Waals surface area (Å²) in [6.45, 7) is 5.19. The number of ether oxygens (including phenoxy) is 2. The SMILES string of the molecule is COC[C@H]1CN(c2ccc(C)nc2)CCO1. The Bertz CT molecular complexity index is 324.